The molecule has 2 N–H and O–H groups in total. The highest BCUT2D eigenvalue weighted by Crippen LogP contribution is 2.28. The number of hydrogen-bond donors (Lipinski definition) is 2. The fourth-order valence-corrected chi connectivity index (χ4v) is 3.76. The molecule has 0 bridgehead atoms. The second-order valence-electron chi connectivity index (χ2n) is 8.26. The summed E-state index contributed by atoms with van der Waals surface area (Å²) < 4.78 is 37.7. The van der Waals surface area contributed by atoms with Gasteiger partial charge >= 0.3 is 0 Å². The van der Waals surface area contributed by atoms with Crippen LogP contribution in [0.1, 0.15) is 17.5 Å². The first-order valence-corrected chi connectivity index (χ1v) is 11.0. The van der Waals surface area contributed by atoms with E-state index in [9.17, 15) is 13.9 Å². The van der Waals surface area contributed by atoms with Crippen LogP contribution in [0.25, 0.3) is 0 Å². The fraction of sp³-hybridized carbons (Fsp3) is 0.500. The molecular weight excluding hydrogens is 416 g/mol. The third-order valence-electron chi connectivity index (χ3n) is 5.58. The molecular formula is C24H33F2N3O3. The van der Waals surface area contributed by atoms with Crippen LogP contribution in [-0.2, 0) is 13.1 Å². The topological polar surface area (TPSA) is 57.2 Å². The quantitative estimate of drug-likeness (QED) is 0.582. The van der Waals surface area contributed by atoms with Crippen LogP contribution in [0.4, 0.5) is 8.78 Å². The summed E-state index contributed by atoms with van der Waals surface area (Å²) >= 11 is 0. The molecule has 1 heterocycles. The van der Waals surface area contributed by atoms with Gasteiger partial charge in [-0.3, -0.25) is 4.90 Å². The molecule has 0 aliphatic carbocycles. The van der Waals surface area contributed by atoms with Crippen LogP contribution in [0, 0.1) is 11.6 Å². The second kappa shape index (κ2) is 12.1. The zero-order chi connectivity index (χ0) is 22.9. The van der Waals surface area contributed by atoms with Crippen molar-refractivity contribution in [3.63, 3.8) is 0 Å². The van der Waals surface area contributed by atoms with E-state index in [-0.39, 0.29) is 6.61 Å². The third kappa shape index (κ3) is 7.41. The number of ether oxygens (including phenoxy) is 2. The van der Waals surface area contributed by atoms with E-state index in [1.807, 2.05) is 18.2 Å². The molecule has 32 heavy (non-hydrogen) atoms. The highest BCUT2D eigenvalue weighted by Gasteiger charge is 2.17. The van der Waals surface area contributed by atoms with Gasteiger partial charge in [-0.1, -0.05) is 12.1 Å². The first-order valence-electron chi connectivity index (χ1n) is 11.0. The first kappa shape index (κ1) is 24.4. The van der Waals surface area contributed by atoms with Gasteiger partial charge < -0.3 is 24.8 Å². The van der Waals surface area contributed by atoms with E-state index in [1.54, 1.807) is 13.2 Å². The molecule has 1 saturated heterocycles. The molecule has 1 aliphatic rings. The number of nitrogens with one attached hydrogen (secondary N) is 1. The van der Waals surface area contributed by atoms with E-state index >= 15 is 0 Å². The zero-order valence-corrected chi connectivity index (χ0v) is 18.8. The summed E-state index contributed by atoms with van der Waals surface area (Å²) in [6, 6.07) is 9.47. The zero-order valence-electron chi connectivity index (χ0n) is 18.8. The van der Waals surface area contributed by atoms with Crippen molar-refractivity contribution in [1.82, 2.24) is 15.1 Å². The number of hydrogen-bond acceptors (Lipinski definition) is 6. The number of nitrogens with zero attached hydrogens (tertiary/aromatic N) is 2. The molecule has 0 spiro atoms. The van der Waals surface area contributed by atoms with Gasteiger partial charge in [-0.15, -0.1) is 0 Å². The van der Waals surface area contributed by atoms with Crippen LogP contribution in [0.2, 0.25) is 0 Å². The largest absolute Gasteiger partial charge is 0.493 e. The van der Waals surface area contributed by atoms with Crippen LogP contribution in [0.3, 0.4) is 0 Å². The van der Waals surface area contributed by atoms with Crippen molar-refractivity contribution >= 4 is 0 Å². The molecule has 0 unspecified atom stereocenters. The highest BCUT2D eigenvalue weighted by atomic mass is 19.2. The molecule has 0 aromatic heterocycles. The average molecular weight is 450 g/mol. The number of aliphatic hydroxyl groups excluding tert-OH is 1. The molecule has 0 radical (unpaired) electrons. The number of aliphatic hydroxyl groups is 1. The molecule has 8 heteroatoms. The average Bonchev–Trinajstić information content (AvgIpc) is 2.98. The summed E-state index contributed by atoms with van der Waals surface area (Å²) in [6.07, 6.45) is 0.496. The summed E-state index contributed by atoms with van der Waals surface area (Å²) in [5, 5.41) is 13.7. The number of β-amino-alcohol motifs (C(OH)–C–C–N with tert-alkyl or cyclic N) is 1. The van der Waals surface area contributed by atoms with Crippen molar-refractivity contribution in [3.8, 4) is 11.5 Å². The number of rotatable bonds is 10. The maximum Gasteiger partial charge on any atom is 0.161 e. The van der Waals surface area contributed by atoms with Crippen molar-refractivity contribution in [2.24, 2.45) is 0 Å². The lowest BCUT2D eigenvalue weighted by Crippen LogP contribution is -2.37. The summed E-state index contributed by atoms with van der Waals surface area (Å²) in [6.45, 7) is 5.67. The maximum atomic E-state index is 13.3. The van der Waals surface area contributed by atoms with Gasteiger partial charge in [-0.25, -0.2) is 8.78 Å². The molecule has 2 aromatic rings. The molecule has 176 valence electrons. The Morgan fingerprint density at radius 3 is 2.47 bits per heavy atom. The van der Waals surface area contributed by atoms with E-state index in [1.165, 1.54) is 6.07 Å². The van der Waals surface area contributed by atoms with Crippen LogP contribution in [-0.4, -0.2) is 74.5 Å². The van der Waals surface area contributed by atoms with Gasteiger partial charge in [-0.2, -0.15) is 0 Å². The summed E-state index contributed by atoms with van der Waals surface area (Å²) in [7, 11) is 3.70. The van der Waals surface area contributed by atoms with E-state index < -0.39 is 17.7 Å². The molecule has 1 aliphatic heterocycles. The minimum Gasteiger partial charge on any atom is -0.493 e. The van der Waals surface area contributed by atoms with E-state index in [2.05, 4.69) is 22.2 Å². The standard InChI is InChI=1S/C24H33F2N3O3/c1-28-8-3-9-29(11-10-28)16-20(30)17-32-24-13-19(5-7-23(24)31-2)15-27-14-18-4-6-21(25)22(26)12-18/h4-7,12-13,20,27,30H,3,8-11,14-17H2,1-2H3/t20-/m1/s1. The first-order chi connectivity index (χ1) is 15.4. The van der Waals surface area contributed by atoms with Crippen LogP contribution in [0.15, 0.2) is 36.4 Å². The lowest BCUT2D eigenvalue weighted by molar-refractivity contribution is 0.0685. The highest BCUT2D eigenvalue weighted by molar-refractivity contribution is 5.43. The number of methoxy groups -OCH3 is 1. The fourth-order valence-electron chi connectivity index (χ4n) is 3.76. The molecule has 6 nitrogen and oxygen atoms in total. The number of halogens is 2. The number of benzene rings is 2. The Morgan fingerprint density at radius 2 is 1.72 bits per heavy atom. The molecule has 2 aromatic carbocycles. The predicted octanol–water partition coefficient (Wildman–Crippen LogP) is 2.64. The van der Waals surface area contributed by atoms with Crippen molar-refractivity contribution in [3.05, 3.63) is 59.2 Å². The van der Waals surface area contributed by atoms with Crippen molar-refractivity contribution < 1.29 is 23.4 Å². The minimum absolute atomic E-state index is 0.175. The van der Waals surface area contributed by atoms with Crippen LogP contribution < -0.4 is 14.8 Å². The van der Waals surface area contributed by atoms with Crippen molar-refractivity contribution in [1.29, 1.82) is 0 Å². The normalized spacial score (nSPS) is 16.5. The van der Waals surface area contributed by atoms with Gasteiger partial charge in [0.15, 0.2) is 23.1 Å². The van der Waals surface area contributed by atoms with Crippen LogP contribution >= 0.6 is 0 Å². The monoisotopic (exact) mass is 449 g/mol. The Bertz CT molecular complexity index is 868. The molecule has 0 saturated carbocycles. The van der Waals surface area contributed by atoms with E-state index in [0.717, 1.165) is 44.2 Å². The van der Waals surface area contributed by atoms with Crippen molar-refractivity contribution in [2.75, 3.05) is 53.5 Å². The third-order valence-corrected chi connectivity index (χ3v) is 5.58. The minimum atomic E-state index is -0.852. The molecule has 3 rings (SSSR count). The Labute approximate surface area is 188 Å². The lowest BCUT2D eigenvalue weighted by atomic mass is 10.1. The predicted molar refractivity (Wildman–Crippen MR) is 120 cm³/mol. The van der Waals surface area contributed by atoms with Gasteiger partial charge in [0, 0.05) is 32.7 Å². The van der Waals surface area contributed by atoms with E-state index in [0.29, 0.717) is 36.7 Å². The Hall–Kier alpha value is -2.26. The Balaban J connectivity index is 1.50. The molecule has 1 fully saturated rings. The Morgan fingerprint density at radius 1 is 0.969 bits per heavy atom. The van der Waals surface area contributed by atoms with E-state index in [4.69, 9.17) is 9.47 Å². The lowest BCUT2D eigenvalue weighted by Gasteiger charge is -2.23. The second-order valence-corrected chi connectivity index (χ2v) is 8.26. The van der Waals surface area contributed by atoms with Gasteiger partial charge in [0.1, 0.15) is 12.7 Å². The SMILES string of the molecule is COc1ccc(CNCc2ccc(F)c(F)c2)cc1OC[C@H](O)CN1CCCN(C)CC1. The van der Waals surface area contributed by atoms with Gasteiger partial charge in [0.2, 0.25) is 0 Å². The van der Waals surface area contributed by atoms with Gasteiger partial charge in [0.25, 0.3) is 0 Å². The smallest absolute Gasteiger partial charge is 0.161 e. The molecule has 1 atom stereocenters. The summed E-state index contributed by atoms with van der Waals surface area (Å²) in [4.78, 5) is 4.58. The van der Waals surface area contributed by atoms with Gasteiger partial charge in [-0.05, 0) is 62.0 Å². The number of likely N-dealkylation sites (N-methyl/N-ethyl adjacent to an activating group) is 1. The summed E-state index contributed by atoms with van der Waals surface area (Å²) in [5.74, 6) is -0.543. The molecule has 0 amide bonds. The maximum absolute atomic E-state index is 13.3. The van der Waals surface area contributed by atoms with Crippen LogP contribution in [0.5, 0.6) is 11.5 Å². The Kier molecular flexibility index (Phi) is 9.23. The van der Waals surface area contributed by atoms with Gasteiger partial charge in [0.05, 0.1) is 7.11 Å². The van der Waals surface area contributed by atoms with Crippen molar-refractivity contribution in [2.45, 2.75) is 25.6 Å². The summed E-state index contributed by atoms with van der Waals surface area (Å²) in [5.41, 5.74) is 1.62.